The van der Waals surface area contributed by atoms with Gasteiger partial charge in [-0.05, 0) is 88.2 Å². The minimum absolute atomic E-state index is 0.118. The number of carbonyl (C=O) groups excluding carboxylic acids is 1. The molecule has 0 amide bonds. The van der Waals surface area contributed by atoms with Crippen molar-refractivity contribution in [2.45, 2.75) is 69.8 Å². The van der Waals surface area contributed by atoms with Crippen LogP contribution in [0.25, 0.3) is 0 Å². The van der Waals surface area contributed by atoms with E-state index in [1.807, 2.05) is 6.92 Å². The highest BCUT2D eigenvalue weighted by molar-refractivity contribution is 8.05. The minimum Gasteiger partial charge on any atom is -0.447 e. The van der Waals surface area contributed by atoms with Crippen molar-refractivity contribution < 1.29 is 17.9 Å². The Morgan fingerprint density at radius 3 is 1.84 bits per heavy atom. The van der Waals surface area contributed by atoms with Crippen molar-refractivity contribution in [2.24, 2.45) is 17.8 Å². The Balaban J connectivity index is 1.63. The van der Waals surface area contributed by atoms with Gasteiger partial charge in [-0.2, -0.15) is 0 Å². The maximum absolute atomic E-state index is 12.9. The normalized spacial score (nSPS) is 33.5. The fraction of sp³-hybridized carbons (Fsp3) is 0.650. The summed E-state index contributed by atoms with van der Waals surface area (Å²) >= 11 is 0. The second-order valence-corrected chi connectivity index (χ2v) is 10.4. The third-order valence-electron chi connectivity index (χ3n) is 6.37. The van der Waals surface area contributed by atoms with Crippen molar-refractivity contribution >= 4 is 15.1 Å². The van der Waals surface area contributed by atoms with Gasteiger partial charge in [0.2, 0.25) is 0 Å². The zero-order chi connectivity index (χ0) is 18.0. The molecule has 0 spiro atoms. The number of carbonyl (C=O) groups is 1. The fourth-order valence-electron chi connectivity index (χ4n) is 6.06. The van der Waals surface area contributed by atoms with Gasteiger partial charge in [0.05, 0.1) is 4.90 Å². The monoisotopic (exact) mass is 362 g/mol. The quantitative estimate of drug-likeness (QED) is 0.727. The van der Waals surface area contributed by atoms with Crippen LogP contribution in [0, 0.1) is 38.5 Å². The molecule has 0 saturated heterocycles. The highest BCUT2D eigenvalue weighted by atomic mass is 32.2. The van der Waals surface area contributed by atoms with Crippen LogP contribution in [0.1, 0.15) is 55.2 Å². The Hall–Kier alpha value is -1.36. The van der Waals surface area contributed by atoms with E-state index in [2.05, 4.69) is 0 Å². The lowest BCUT2D eigenvalue weighted by Gasteiger charge is -2.55. The summed E-state index contributed by atoms with van der Waals surface area (Å²) in [5, 5.41) is -1.05. The van der Waals surface area contributed by atoms with Crippen LogP contribution in [0.2, 0.25) is 0 Å². The van der Waals surface area contributed by atoms with Crippen molar-refractivity contribution in [2.75, 3.05) is 0 Å². The van der Waals surface area contributed by atoms with Crippen molar-refractivity contribution in [3.63, 3.8) is 0 Å². The zero-order valence-corrected chi connectivity index (χ0v) is 16.0. The Morgan fingerprint density at radius 2 is 1.40 bits per heavy atom. The molecule has 1 aromatic carbocycles. The number of aryl methyl sites for hydroxylation is 3. The first-order valence-corrected chi connectivity index (χ1v) is 10.7. The molecule has 4 fully saturated rings. The Bertz CT molecular complexity index is 779. The maximum atomic E-state index is 12.9. The van der Waals surface area contributed by atoms with E-state index in [0.717, 1.165) is 24.8 Å². The highest BCUT2D eigenvalue weighted by Gasteiger charge is 2.54. The third-order valence-corrected chi connectivity index (χ3v) is 8.08. The first-order valence-electron chi connectivity index (χ1n) is 9.24. The molecule has 4 nitrogen and oxygen atoms in total. The summed E-state index contributed by atoms with van der Waals surface area (Å²) in [6.07, 6.45) is 6.18. The molecular formula is C20H26O4S. The Morgan fingerprint density at radius 1 is 0.960 bits per heavy atom. The smallest absolute Gasteiger partial charge is 0.430 e. The van der Waals surface area contributed by atoms with Crippen LogP contribution >= 0.6 is 0 Å². The van der Waals surface area contributed by atoms with Gasteiger partial charge in [-0.1, -0.05) is 17.7 Å². The molecule has 136 valence electrons. The van der Waals surface area contributed by atoms with E-state index < -0.39 is 20.7 Å². The van der Waals surface area contributed by atoms with E-state index in [-0.39, 0.29) is 4.90 Å². The average molecular weight is 362 g/mol. The molecule has 0 N–H and O–H groups in total. The molecule has 4 aliphatic rings. The van der Waals surface area contributed by atoms with Crippen LogP contribution in [-0.4, -0.2) is 19.3 Å². The van der Waals surface area contributed by atoms with Gasteiger partial charge in [-0.25, -0.2) is 13.2 Å². The van der Waals surface area contributed by atoms with Gasteiger partial charge in [-0.15, -0.1) is 0 Å². The fourth-order valence-corrected chi connectivity index (χ4v) is 7.48. The zero-order valence-electron chi connectivity index (χ0n) is 15.2. The van der Waals surface area contributed by atoms with Gasteiger partial charge in [0.15, 0.2) is 0 Å². The molecule has 0 aromatic heterocycles. The van der Waals surface area contributed by atoms with E-state index in [1.165, 1.54) is 19.3 Å². The standard InChI is InChI=1S/C20H26O4S/c1-12-4-13(2)18(14(3)5-12)25(22,23)19(21)24-20-9-15-6-16(10-20)8-17(7-15)11-20/h4-5,15-17H,6-11H2,1-3H3. The predicted molar refractivity (Wildman–Crippen MR) is 95.2 cm³/mol. The molecular weight excluding hydrogens is 336 g/mol. The molecule has 5 rings (SSSR count). The summed E-state index contributed by atoms with van der Waals surface area (Å²) in [5.41, 5.74) is 1.68. The van der Waals surface area contributed by atoms with Gasteiger partial charge >= 0.3 is 5.30 Å². The molecule has 0 aliphatic heterocycles. The van der Waals surface area contributed by atoms with Gasteiger partial charge in [0, 0.05) is 0 Å². The summed E-state index contributed by atoms with van der Waals surface area (Å²) in [5.74, 6) is 1.80. The van der Waals surface area contributed by atoms with E-state index in [4.69, 9.17) is 4.74 Å². The summed E-state index contributed by atoms with van der Waals surface area (Å²) in [6.45, 7) is 5.40. The largest absolute Gasteiger partial charge is 0.447 e. The SMILES string of the molecule is Cc1cc(C)c(S(=O)(=O)C(=O)OC23CC4CC(CC(C4)C2)C3)c(C)c1. The van der Waals surface area contributed by atoms with Crippen molar-refractivity contribution in [3.05, 3.63) is 28.8 Å². The second kappa shape index (κ2) is 5.57. The summed E-state index contributed by atoms with van der Waals surface area (Å²) in [7, 11) is -4.12. The topological polar surface area (TPSA) is 60.4 Å². The van der Waals surface area contributed by atoms with E-state index in [0.29, 0.717) is 28.9 Å². The molecule has 4 saturated carbocycles. The molecule has 4 bridgehead atoms. The van der Waals surface area contributed by atoms with Crippen molar-refractivity contribution in [3.8, 4) is 0 Å². The molecule has 0 radical (unpaired) electrons. The summed E-state index contributed by atoms with van der Waals surface area (Å²) in [4.78, 5) is 12.8. The average Bonchev–Trinajstić information content (AvgIpc) is 2.43. The summed E-state index contributed by atoms with van der Waals surface area (Å²) in [6, 6.07) is 3.61. The first-order chi connectivity index (χ1) is 11.7. The first kappa shape index (κ1) is 17.1. The molecule has 0 unspecified atom stereocenters. The molecule has 25 heavy (non-hydrogen) atoms. The van der Waals surface area contributed by atoms with E-state index in [1.54, 1.807) is 26.0 Å². The lowest BCUT2D eigenvalue weighted by atomic mass is 9.54. The molecule has 0 heterocycles. The third kappa shape index (κ3) is 2.80. The number of rotatable bonds is 2. The number of ether oxygens (including phenoxy) is 1. The highest BCUT2D eigenvalue weighted by Crippen LogP contribution is 2.57. The van der Waals surface area contributed by atoms with Crippen LogP contribution in [0.3, 0.4) is 0 Å². The lowest BCUT2D eigenvalue weighted by Crippen LogP contribution is -2.53. The van der Waals surface area contributed by atoms with Crippen LogP contribution in [0.5, 0.6) is 0 Å². The van der Waals surface area contributed by atoms with Crippen LogP contribution in [0.4, 0.5) is 4.79 Å². The van der Waals surface area contributed by atoms with Crippen molar-refractivity contribution in [1.82, 2.24) is 0 Å². The van der Waals surface area contributed by atoms with Gasteiger partial charge in [0.25, 0.3) is 9.84 Å². The molecule has 5 heteroatoms. The van der Waals surface area contributed by atoms with Crippen LogP contribution in [-0.2, 0) is 14.6 Å². The van der Waals surface area contributed by atoms with Crippen LogP contribution < -0.4 is 0 Å². The number of hydrogen-bond donors (Lipinski definition) is 0. The molecule has 1 aromatic rings. The summed E-state index contributed by atoms with van der Waals surface area (Å²) < 4.78 is 31.7. The van der Waals surface area contributed by atoms with Gasteiger partial charge in [-0.3, -0.25) is 0 Å². The number of hydrogen-bond acceptors (Lipinski definition) is 4. The Kier molecular flexibility index (Phi) is 3.80. The molecule has 4 aliphatic carbocycles. The second-order valence-electron chi connectivity index (χ2n) is 8.68. The van der Waals surface area contributed by atoms with Crippen LogP contribution in [0.15, 0.2) is 17.0 Å². The lowest BCUT2D eigenvalue weighted by molar-refractivity contribution is -0.121. The van der Waals surface area contributed by atoms with Gasteiger partial charge < -0.3 is 4.74 Å². The van der Waals surface area contributed by atoms with E-state index in [9.17, 15) is 13.2 Å². The maximum Gasteiger partial charge on any atom is 0.430 e. The predicted octanol–water partition coefficient (Wildman–Crippen LogP) is 4.49. The molecule has 0 atom stereocenters. The Labute approximate surface area is 149 Å². The number of benzene rings is 1. The van der Waals surface area contributed by atoms with E-state index >= 15 is 0 Å². The minimum atomic E-state index is -4.12. The number of sulfone groups is 1. The van der Waals surface area contributed by atoms with Crippen molar-refractivity contribution in [1.29, 1.82) is 0 Å². The van der Waals surface area contributed by atoms with Gasteiger partial charge in [0.1, 0.15) is 5.60 Å².